The second kappa shape index (κ2) is 13.2. The molecule has 0 aliphatic rings. The molecule has 0 heterocycles. The molecule has 97 valence electrons. The van der Waals surface area contributed by atoms with Gasteiger partial charge in [-0.05, 0) is 38.9 Å². The number of rotatable bonds is 12. The van der Waals surface area contributed by atoms with Crippen LogP contribution in [0.3, 0.4) is 0 Å². The highest BCUT2D eigenvalue weighted by Gasteiger charge is 2.09. The minimum atomic E-state index is -0.712. The Kier molecular flexibility index (Phi) is 13.2. The van der Waals surface area contributed by atoms with E-state index in [1.165, 1.54) is 38.5 Å². The molecule has 0 rings (SSSR count). The monoisotopic (exact) mass is 244 g/mol. The third kappa shape index (κ3) is 10.6. The molecule has 1 radical (unpaired) electrons. The fourth-order valence-corrected chi connectivity index (χ4v) is 3.01. The van der Waals surface area contributed by atoms with E-state index in [1.54, 1.807) is 0 Å². The summed E-state index contributed by atoms with van der Waals surface area (Å²) in [7, 11) is -0.712. The molecule has 0 bridgehead atoms. The van der Waals surface area contributed by atoms with Crippen LogP contribution < -0.4 is 14.9 Å². The average molecular weight is 244 g/mol. The predicted molar refractivity (Wildman–Crippen MR) is 74.5 cm³/mol. The Morgan fingerprint density at radius 1 is 0.625 bits per heavy atom. The number of hydrogen-bond acceptors (Lipinski definition) is 3. The zero-order valence-corrected chi connectivity index (χ0v) is 12.4. The second-order valence-electron chi connectivity index (χ2n) is 4.22. The lowest BCUT2D eigenvalue weighted by atomic mass is 10.3. The Labute approximate surface area is 104 Å². The van der Waals surface area contributed by atoms with Gasteiger partial charge in [-0.1, -0.05) is 40.0 Å². The van der Waals surface area contributed by atoms with E-state index in [0.29, 0.717) is 0 Å². The molecule has 0 aromatic carbocycles. The first-order chi connectivity index (χ1) is 7.85. The fourth-order valence-electron chi connectivity index (χ4n) is 1.36. The predicted octanol–water partition coefficient (Wildman–Crippen LogP) is 2.14. The fraction of sp³-hybridized carbons (Fsp3) is 1.00. The van der Waals surface area contributed by atoms with Crippen LogP contribution >= 0.6 is 0 Å². The quantitative estimate of drug-likeness (QED) is 0.364. The van der Waals surface area contributed by atoms with Crippen LogP contribution in [-0.2, 0) is 0 Å². The van der Waals surface area contributed by atoms with Crippen molar-refractivity contribution in [1.82, 2.24) is 14.9 Å². The standard InChI is InChI=1S/C12H30N3Si/c1-4-7-10-13-16(14-11-8-5-2)15-12-9-6-3/h13-15H,4-12H2,1-3H3. The second-order valence-corrected chi connectivity index (χ2v) is 6.03. The number of nitrogens with one attached hydrogen (secondary N) is 3. The van der Waals surface area contributed by atoms with Gasteiger partial charge in [0, 0.05) is 0 Å². The molecule has 0 saturated heterocycles. The minimum absolute atomic E-state index is 0.712. The highest BCUT2D eigenvalue weighted by molar-refractivity contribution is 6.50. The van der Waals surface area contributed by atoms with E-state index in [2.05, 4.69) is 35.7 Å². The van der Waals surface area contributed by atoms with Gasteiger partial charge in [0.2, 0.25) is 0 Å². The maximum absolute atomic E-state index is 3.62. The van der Waals surface area contributed by atoms with Crippen molar-refractivity contribution in [3.8, 4) is 0 Å². The molecule has 0 spiro atoms. The van der Waals surface area contributed by atoms with E-state index < -0.39 is 9.28 Å². The van der Waals surface area contributed by atoms with Gasteiger partial charge in [0.1, 0.15) is 0 Å². The summed E-state index contributed by atoms with van der Waals surface area (Å²) < 4.78 is 0. The van der Waals surface area contributed by atoms with Gasteiger partial charge >= 0.3 is 9.28 Å². The third-order valence-corrected chi connectivity index (χ3v) is 4.31. The third-order valence-electron chi connectivity index (χ3n) is 2.50. The van der Waals surface area contributed by atoms with Crippen molar-refractivity contribution >= 4 is 9.28 Å². The summed E-state index contributed by atoms with van der Waals surface area (Å²) >= 11 is 0. The van der Waals surface area contributed by atoms with E-state index >= 15 is 0 Å². The zero-order chi connectivity index (χ0) is 12.1. The van der Waals surface area contributed by atoms with Crippen LogP contribution in [-0.4, -0.2) is 28.9 Å². The van der Waals surface area contributed by atoms with Gasteiger partial charge < -0.3 is 14.9 Å². The smallest absolute Gasteiger partial charge is 0.313 e. The van der Waals surface area contributed by atoms with Crippen molar-refractivity contribution in [3.05, 3.63) is 0 Å². The first kappa shape index (κ1) is 16.1. The van der Waals surface area contributed by atoms with Gasteiger partial charge in [-0.25, -0.2) is 0 Å². The van der Waals surface area contributed by atoms with Gasteiger partial charge in [-0.15, -0.1) is 0 Å². The topological polar surface area (TPSA) is 36.1 Å². The first-order valence-corrected chi connectivity index (χ1v) is 8.43. The Hall–Kier alpha value is 0.0969. The summed E-state index contributed by atoms with van der Waals surface area (Å²) in [5.74, 6) is 0. The van der Waals surface area contributed by atoms with Crippen LogP contribution in [0.5, 0.6) is 0 Å². The Morgan fingerprint density at radius 2 is 0.938 bits per heavy atom. The van der Waals surface area contributed by atoms with E-state index in [9.17, 15) is 0 Å². The molecular formula is C12H30N3Si. The molecule has 0 aliphatic heterocycles. The summed E-state index contributed by atoms with van der Waals surface area (Å²) in [6, 6.07) is 0. The summed E-state index contributed by atoms with van der Waals surface area (Å²) in [5, 5.41) is 0. The molecular weight excluding hydrogens is 214 g/mol. The van der Waals surface area contributed by atoms with Crippen molar-refractivity contribution in [2.24, 2.45) is 0 Å². The molecule has 0 amide bonds. The lowest BCUT2D eigenvalue weighted by Crippen LogP contribution is -2.58. The van der Waals surface area contributed by atoms with Crippen LogP contribution in [0.15, 0.2) is 0 Å². The summed E-state index contributed by atoms with van der Waals surface area (Å²) in [6.07, 6.45) is 7.64. The maximum Gasteiger partial charge on any atom is 0.319 e. The molecule has 0 saturated carbocycles. The average Bonchev–Trinajstić information content (AvgIpc) is 2.29. The van der Waals surface area contributed by atoms with Crippen LogP contribution in [0.2, 0.25) is 0 Å². The van der Waals surface area contributed by atoms with Gasteiger partial charge in [-0.3, -0.25) is 0 Å². The molecule has 16 heavy (non-hydrogen) atoms. The van der Waals surface area contributed by atoms with Crippen molar-refractivity contribution in [1.29, 1.82) is 0 Å². The molecule has 0 aliphatic carbocycles. The molecule has 3 N–H and O–H groups in total. The highest BCUT2D eigenvalue weighted by Crippen LogP contribution is 1.86. The molecule has 0 aromatic rings. The minimum Gasteiger partial charge on any atom is -0.313 e. The molecule has 0 atom stereocenters. The van der Waals surface area contributed by atoms with Gasteiger partial charge in [-0.2, -0.15) is 0 Å². The first-order valence-electron chi connectivity index (χ1n) is 6.93. The Balaban J connectivity index is 3.58. The van der Waals surface area contributed by atoms with Gasteiger partial charge in [0.25, 0.3) is 0 Å². The van der Waals surface area contributed by atoms with Gasteiger partial charge in [0.05, 0.1) is 0 Å². The highest BCUT2D eigenvalue weighted by atomic mass is 28.3. The van der Waals surface area contributed by atoms with Crippen molar-refractivity contribution in [3.63, 3.8) is 0 Å². The molecule has 3 nitrogen and oxygen atoms in total. The molecule has 0 aromatic heterocycles. The zero-order valence-electron chi connectivity index (χ0n) is 11.4. The lowest BCUT2D eigenvalue weighted by Gasteiger charge is -2.18. The number of unbranched alkanes of at least 4 members (excludes halogenated alkanes) is 3. The van der Waals surface area contributed by atoms with Gasteiger partial charge in [0.15, 0.2) is 0 Å². The van der Waals surface area contributed by atoms with E-state index in [-0.39, 0.29) is 0 Å². The lowest BCUT2D eigenvalue weighted by molar-refractivity contribution is 0.681. The van der Waals surface area contributed by atoms with E-state index in [1.807, 2.05) is 0 Å². The Bertz CT molecular complexity index is 110. The summed E-state index contributed by atoms with van der Waals surface area (Å²) in [5.41, 5.74) is 0. The number of hydrogen-bond donors (Lipinski definition) is 3. The Morgan fingerprint density at radius 3 is 1.19 bits per heavy atom. The van der Waals surface area contributed by atoms with Crippen LogP contribution in [0, 0.1) is 0 Å². The summed E-state index contributed by atoms with van der Waals surface area (Å²) in [4.78, 5) is 10.9. The molecule has 0 unspecified atom stereocenters. The summed E-state index contributed by atoms with van der Waals surface area (Å²) in [6.45, 7) is 10.1. The van der Waals surface area contributed by atoms with E-state index in [0.717, 1.165) is 19.6 Å². The maximum atomic E-state index is 3.62. The normalized spacial score (nSPS) is 11.2. The molecule has 0 fully saturated rings. The van der Waals surface area contributed by atoms with Crippen molar-refractivity contribution in [2.45, 2.75) is 59.3 Å². The van der Waals surface area contributed by atoms with Crippen LogP contribution in [0.25, 0.3) is 0 Å². The van der Waals surface area contributed by atoms with Crippen molar-refractivity contribution in [2.75, 3.05) is 19.6 Å². The largest absolute Gasteiger partial charge is 0.319 e. The SMILES string of the molecule is CCCCN[Si](NCCCC)NCCCC. The van der Waals surface area contributed by atoms with E-state index in [4.69, 9.17) is 0 Å². The molecule has 4 heteroatoms. The van der Waals surface area contributed by atoms with Crippen LogP contribution in [0.1, 0.15) is 59.3 Å². The van der Waals surface area contributed by atoms with Crippen LogP contribution in [0.4, 0.5) is 0 Å². The van der Waals surface area contributed by atoms with Crippen molar-refractivity contribution < 1.29 is 0 Å².